The lowest BCUT2D eigenvalue weighted by Gasteiger charge is -2.21. The minimum Gasteiger partial charge on any atom is -0.395 e. The Kier molecular flexibility index (Phi) is 4.36. The van der Waals surface area contributed by atoms with E-state index in [-0.39, 0.29) is 12.6 Å². The van der Waals surface area contributed by atoms with E-state index in [4.69, 9.17) is 28.3 Å². The van der Waals surface area contributed by atoms with E-state index in [1.54, 1.807) is 0 Å². The Balaban J connectivity index is 2.40. The van der Waals surface area contributed by atoms with Gasteiger partial charge in [0.1, 0.15) is 0 Å². The van der Waals surface area contributed by atoms with Gasteiger partial charge in [0.2, 0.25) is 0 Å². The summed E-state index contributed by atoms with van der Waals surface area (Å²) in [6.45, 7) is 1.88. The van der Waals surface area contributed by atoms with Crippen molar-refractivity contribution in [3.05, 3.63) is 10.6 Å². The number of nitrogens with zero attached hydrogens (tertiary/aromatic N) is 1. The Morgan fingerprint density at radius 1 is 1.67 bits per heavy atom. The van der Waals surface area contributed by atoms with Crippen molar-refractivity contribution in [1.29, 1.82) is 0 Å². The summed E-state index contributed by atoms with van der Waals surface area (Å²) in [7, 11) is 0. The van der Waals surface area contributed by atoms with E-state index >= 15 is 0 Å². The van der Waals surface area contributed by atoms with Gasteiger partial charge in [-0.05, 0) is 19.4 Å². The fourth-order valence-electron chi connectivity index (χ4n) is 1.54. The lowest BCUT2D eigenvalue weighted by atomic mass is 10.2. The maximum absolute atomic E-state index is 8.98. The van der Waals surface area contributed by atoms with Crippen LogP contribution in [0.15, 0.2) is 10.6 Å². The number of aliphatic hydroxyl groups excluding tert-OH is 1. The van der Waals surface area contributed by atoms with Crippen molar-refractivity contribution in [2.24, 2.45) is 0 Å². The molecule has 0 bridgehead atoms. The van der Waals surface area contributed by atoms with Gasteiger partial charge in [0.25, 0.3) is 0 Å². The van der Waals surface area contributed by atoms with Crippen molar-refractivity contribution >= 4 is 23.2 Å². The van der Waals surface area contributed by atoms with Crippen LogP contribution in [0.25, 0.3) is 0 Å². The zero-order valence-electron chi connectivity index (χ0n) is 6.84. The molecule has 0 saturated carbocycles. The Bertz CT molecular complexity index is 172. The molecule has 0 unspecified atom stereocenters. The number of aliphatic hydroxyl groups is 1. The first-order valence-electron chi connectivity index (χ1n) is 4.07. The molecule has 1 fully saturated rings. The first-order valence-corrected chi connectivity index (χ1v) is 4.89. The minimum absolute atomic E-state index is 0.215. The lowest BCUT2D eigenvalue weighted by Crippen LogP contribution is -2.33. The molecule has 2 nitrogen and oxygen atoms in total. The van der Waals surface area contributed by atoms with Gasteiger partial charge in [-0.3, -0.25) is 4.90 Å². The highest BCUT2D eigenvalue weighted by atomic mass is 35.5. The molecule has 0 aromatic rings. The molecule has 0 aliphatic carbocycles. The molecule has 1 aliphatic rings. The van der Waals surface area contributed by atoms with Crippen molar-refractivity contribution in [2.45, 2.75) is 18.9 Å². The third-order valence-electron chi connectivity index (χ3n) is 2.18. The average molecular weight is 210 g/mol. The second-order valence-corrected chi connectivity index (χ2v) is 3.71. The highest BCUT2D eigenvalue weighted by Gasteiger charge is 2.23. The van der Waals surface area contributed by atoms with E-state index in [0.717, 1.165) is 19.4 Å². The van der Waals surface area contributed by atoms with Gasteiger partial charge < -0.3 is 5.11 Å². The van der Waals surface area contributed by atoms with Crippen molar-refractivity contribution in [1.82, 2.24) is 4.90 Å². The molecule has 12 heavy (non-hydrogen) atoms. The SMILES string of the molecule is OC[C@H]1CCCN1CC(Cl)=CCl. The Labute approximate surface area is 82.8 Å². The predicted octanol–water partition coefficient (Wildman–Crippen LogP) is 1.76. The fourth-order valence-corrected chi connectivity index (χ4v) is 1.76. The van der Waals surface area contributed by atoms with Gasteiger partial charge in [-0.2, -0.15) is 0 Å². The molecular weight excluding hydrogens is 197 g/mol. The predicted molar refractivity (Wildman–Crippen MR) is 51.5 cm³/mol. The Morgan fingerprint density at radius 2 is 2.42 bits per heavy atom. The zero-order valence-corrected chi connectivity index (χ0v) is 8.35. The smallest absolute Gasteiger partial charge is 0.0587 e. The average Bonchev–Trinajstić information content (AvgIpc) is 2.51. The van der Waals surface area contributed by atoms with Crippen LogP contribution < -0.4 is 0 Å². The highest BCUT2D eigenvalue weighted by Crippen LogP contribution is 2.19. The monoisotopic (exact) mass is 209 g/mol. The van der Waals surface area contributed by atoms with E-state index in [1.807, 2.05) is 0 Å². The number of halogens is 2. The Hall–Kier alpha value is 0.240. The molecule has 0 spiro atoms. The van der Waals surface area contributed by atoms with Crippen LogP contribution in [-0.4, -0.2) is 35.7 Å². The van der Waals surface area contributed by atoms with Crippen LogP contribution in [0.3, 0.4) is 0 Å². The topological polar surface area (TPSA) is 23.5 Å². The highest BCUT2D eigenvalue weighted by molar-refractivity contribution is 6.36. The third kappa shape index (κ3) is 2.63. The summed E-state index contributed by atoms with van der Waals surface area (Å²) in [6, 6.07) is 0.273. The van der Waals surface area contributed by atoms with Crippen molar-refractivity contribution in [2.75, 3.05) is 19.7 Å². The number of hydrogen-bond acceptors (Lipinski definition) is 2. The molecule has 1 heterocycles. The molecule has 70 valence electrons. The fraction of sp³-hybridized carbons (Fsp3) is 0.750. The van der Waals surface area contributed by atoms with Gasteiger partial charge in [0.05, 0.1) is 6.61 Å². The molecule has 0 aromatic heterocycles. The van der Waals surface area contributed by atoms with Gasteiger partial charge in [0.15, 0.2) is 0 Å². The summed E-state index contributed by atoms with van der Waals surface area (Å²) in [5.41, 5.74) is 1.38. The van der Waals surface area contributed by atoms with Gasteiger partial charge in [-0.1, -0.05) is 23.2 Å². The van der Waals surface area contributed by atoms with Crippen LogP contribution in [0.2, 0.25) is 0 Å². The van der Waals surface area contributed by atoms with Crippen LogP contribution in [0, 0.1) is 0 Å². The molecule has 0 amide bonds. The normalized spacial score (nSPS) is 26.6. The first-order chi connectivity index (χ1) is 5.77. The molecular formula is C8H13Cl2NO. The number of hydrogen-bond donors (Lipinski definition) is 1. The van der Waals surface area contributed by atoms with E-state index in [9.17, 15) is 0 Å². The third-order valence-corrected chi connectivity index (χ3v) is 2.79. The number of rotatable bonds is 3. The molecule has 0 aromatic carbocycles. The van der Waals surface area contributed by atoms with Crippen LogP contribution >= 0.6 is 23.2 Å². The zero-order chi connectivity index (χ0) is 8.97. The van der Waals surface area contributed by atoms with Crippen molar-refractivity contribution in [3.63, 3.8) is 0 Å². The molecule has 1 N–H and O–H groups in total. The van der Waals surface area contributed by atoms with E-state index in [1.165, 1.54) is 5.54 Å². The van der Waals surface area contributed by atoms with Gasteiger partial charge in [0, 0.05) is 23.2 Å². The molecule has 0 radical (unpaired) electrons. The Morgan fingerprint density at radius 3 is 3.00 bits per heavy atom. The summed E-state index contributed by atoms with van der Waals surface area (Å²) in [6.07, 6.45) is 2.20. The van der Waals surface area contributed by atoms with Crippen LogP contribution in [0.5, 0.6) is 0 Å². The molecule has 1 saturated heterocycles. The van der Waals surface area contributed by atoms with Gasteiger partial charge >= 0.3 is 0 Å². The minimum atomic E-state index is 0.215. The van der Waals surface area contributed by atoms with Crippen molar-refractivity contribution in [3.8, 4) is 0 Å². The van der Waals surface area contributed by atoms with E-state index < -0.39 is 0 Å². The van der Waals surface area contributed by atoms with E-state index in [0.29, 0.717) is 11.6 Å². The molecule has 1 aliphatic heterocycles. The van der Waals surface area contributed by atoms with Crippen LogP contribution in [-0.2, 0) is 0 Å². The molecule has 4 heteroatoms. The van der Waals surface area contributed by atoms with Crippen molar-refractivity contribution < 1.29 is 5.11 Å². The summed E-state index contributed by atoms with van der Waals surface area (Å²) >= 11 is 11.2. The molecule has 1 rings (SSSR count). The van der Waals surface area contributed by atoms with Gasteiger partial charge in [-0.25, -0.2) is 0 Å². The van der Waals surface area contributed by atoms with Crippen LogP contribution in [0.1, 0.15) is 12.8 Å². The van der Waals surface area contributed by atoms with Gasteiger partial charge in [-0.15, -0.1) is 0 Å². The second kappa shape index (κ2) is 5.07. The quantitative estimate of drug-likeness (QED) is 0.767. The summed E-state index contributed by atoms with van der Waals surface area (Å²) in [4.78, 5) is 2.15. The molecule has 1 atom stereocenters. The number of likely N-dealkylation sites (tertiary alicyclic amines) is 1. The summed E-state index contributed by atoms with van der Waals surface area (Å²) in [5, 5.41) is 9.62. The second-order valence-electron chi connectivity index (χ2n) is 3.01. The summed E-state index contributed by atoms with van der Waals surface area (Å²) in [5.74, 6) is 0. The van der Waals surface area contributed by atoms with Crippen LogP contribution in [0.4, 0.5) is 0 Å². The first kappa shape index (κ1) is 10.3. The maximum atomic E-state index is 8.98. The lowest BCUT2D eigenvalue weighted by molar-refractivity contribution is 0.169. The maximum Gasteiger partial charge on any atom is 0.0587 e. The van der Waals surface area contributed by atoms with E-state index in [2.05, 4.69) is 4.90 Å². The standard InChI is InChI=1S/C8H13Cl2NO/c9-4-7(10)5-11-3-1-2-8(11)6-12/h4,8,12H,1-3,5-6H2/t8-/m1/s1. The summed E-state index contributed by atoms with van der Waals surface area (Å²) < 4.78 is 0. The largest absolute Gasteiger partial charge is 0.395 e.